The van der Waals surface area contributed by atoms with Crippen LogP contribution in [0.1, 0.15) is 21.2 Å². The van der Waals surface area contributed by atoms with E-state index < -0.39 is 5.97 Å². The van der Waals surface area contributed by atoms with Crippen LogP contribution in [0, 0.1) is 6.92 Å². The van der Waals surface area contributed by atoms with Crippen LogP contribution < -0.4 is 5.32 Å². The third-order valence-electron chi connectivity index (χ3n) is 2.53. The molecule has 2 aromatic heterocycles. The van der Waals surface area contributed by atoms with Crippen molar-refractivity contribution in [2.45, 2.75) is 13.3 Å². The van der Waals surface area contributed by atoms with Crippen molar-refractivity contribution in [1.82, 2.24) is 9.97 Å². The molecule has 19 heavy (non-hydrogen) atoms. The van der Waals surface area contributed by atoms with Crippen molar-refractivity contribution in [2.24, 2.45) is 0 Å². The molecule has 6 heteroatoms. The number of rotatable bonds is 5. The molecule has 2 aromatic rings. The van der Waals surface area contributed by atoms with E-state index >= 15 is 0 Å². The Labute approximate surface area is 115 Å². The van der Waals surface area contributed by atoms with Crippen LogP contribution in [0.5, 0.6) is 0 Å². The lowest BCUT2D eigenvalue weighted by atomic mass is 10.3. The van der Waals surface area contributed by atoms with Gasteiger partial charge >= 0.3 is 5.97 Å². The number of nitrogens with one attached hydrogen (secondary N) is 1. The lowest BCUT2D eigenvalue weighted by molar-refractivity contribution is 0.0594. The van der Waals surface area contributed by atoms with E-state index in [4.69, 9.17) is 0 Å². The molecular formula is C13H15N3O2S. The number of thiazole rings is 1. The van der Waals surface area contributed by atoms with E-state index in [1.165, 1.54) is 7.11 Å². The summed E-state index contributed by atoms with van der Waals surface area (Å²) in [6.45, 7) is 2.75. The zero-order valence-corrected chi connectivity index (χ0v) is 11.7. The fourth-order valence-corrected chi connectivity index (χ4v) is 2.26. The molecule has 0 saturated heterocycles. The van der Waals surface area contributed by atoms with Crippen LogP contribution in [-0.2, 0) is 11.2 Å². The number of pyridine rings is 1. The molecule has 1 N–H and O–H groups in total. The minimum Gasteiger partial charge on any atom is -0.464 e. The molecule has 0 atom stereocenters. The van der Waals surface area contributed by atoms with Gasteiger partial charge in [0.15, 0.2) is 0 Å². The van der Waals surface area contributed by atoms with Crippen LogP contribution >= 0.6 is 11.3 Å². The van der Waals surface area contributed by atoms with E-state index in [2.05, 4.69) is 25.4 Å². The molecule has 100 valence electrons. The first kappa shape index (κ1) is 13.5. The Kier molecular flexibility index (Phi) is 4.46. The van der Waals surface area contributed by atoms with E-state index in [9.17, 15) is 4.79 Å². The van der Waals surface area contributed by atoms with Crippen molar-refractivity contribution in [1.29, 1.82) is 0 Å². The molecule has 0 fully saturated rings. The van der Waals surface area contributed by atoms with Gasteiger partial charge in [-0.2, -0.15) is 0 Å². The number of aromatic nitrogens is 2. The Morgan fingerprint density at radius 2 is 2.37 bits per heavy atom. The Balaban J connectivity index is 1.90. The highest BCUT2D eigenvalue weighted by Crippen LogP contribution is 2.11. The maximum absolute atomic E-state index is 11.3. The number of esters is 1. The number of carbonyl (C=O) groups is 1. The highest BCUT2D eigenvalue weighted by atomic mass is 32.1. The summed E-state index contributed by atoms with van der Waals surface area (Å²) < 4.78 is 4.63. The van der Waals surface area contributed by atoms with E-state index in [0.29, 0.717) is 5.69 Å². The Morgan fingerprint density at radius 3 is 3.05 bits per heavy atom. The van der Waals surface area contributed by atoms with E-state index in [1.807, 2.05) is 13.0 Å². The summed E-state index contributed by atoms with van der Waals surface area (Å²) in [7, 11) is 1.34. The van der Waals surface area contributed by atoms with E-state index in [-0.39, 0.29) is 0 Å². The molecule has 2 heterocycles. The number of carbonyl (C=O) groups excluding carboxylic acids is 1. The largest absolute Gasteiger partial charge is 0.464 e. The van der Waals surface area contributed by atoms with Gasteiger partial charge in [-0.25, -0.2) is 14.8 Å². The van der Waals surface area contributed by atoms with Gasteiger partial charge in [-0.05, 0) is 19.1 Å². The van der Waals surface area contributed by atoms with Crippen molar-refractivity contribution in [3.8, 4) is 0 Å². The lowest BCUT2D eigenvalue weighted by Gasteiger charge is -2.06. The number of ether oxygens (including phenoxy) is 1. The summed E-state index contributed by atoms with van der Waals surface area (Å²) in [5.41, 5.74) is 2.23. The zero-order chi connectivity index (χ0) is 13.7. The maximum atomic E-state index is 11.3. The number of nitrogens with zero attached hydrogens (tertiary/aromatic N) is 2. The van der Waals surface area contributed by atoms with Crippen LogP contribution in [0.25, 0.3) is 0 Å². The molecule has 0 unspecified atom stereocenters. The number of anilines is 1. The van der Waals surface area contributed by atoms with Crippen molar-refractivity contribution in [3.63, 3.8) is 0 Å². The summed E-state index contributed by atoms with van der Waals surface area (Å²) in [5.74, 6) is -0.432. The van der Waals surface area contributed by atoms with Gasteiger partial charge in [0.25, 0.3) is 0 Å². The number of hydrogen-bond acceptors (Lipinski definition) is 6. The molecular weight excluding hydrogens is 262 g/mol. The van der Waals surface area contributed by atoms with Crippen molar-refractivity contribution in [2.75, 3.05) is 19.0 Å². The predicted octanol–water partition coefficient (Wildman–Crippen LogP) is 2.29. The maximum Gasteiger partial charge on any atom is 0.356 e. The SMILES string of the molecule is COC(=O)c1cc(NCCc2csc(C)n2)ccn1. The van der Waals surface area contributed by atoms with E-state index in [1.54, 1.807) is 23.6 Å². The Bertz CT molecular complexity index is 569. The van der Waals surface area contributed by atoms with Crippen LogP contribution in [0.2, 0.25) is 0 Å². The highest BCUT2D eigenvalue weighted by Gasteiger charge is 2.07. The molecule has 0 saturated carbocycles. The van der Waals surface area contributed by atoms with Crippen molar-refractivity contribution in [3.05, 3.63) is 40.1 Å². The molecule has 5 nitrogen and oxygen atoms in total. The summed E-state index contributed by atoms with van der Waals surface area (Å²) in [6.07, 6.45) is 2.43. The molecule has 0 bridgehead atoms. The molecule has 0 radical (unpaired) electrons. The second kappa shape index (κ2) is 6.29. The van der Waals surface area contributed by atoms with Crippen LogP contribution in [0.3, 0.4) is 0 Å². The topological polar surface area (TPSA) is 64.1 Å². The monoisotopic (exact) mass is 277 g/mol. The fourth-order valence-electron chi connectivity index (χ4n) is 1.61. The van der Waals surface area contributed by atoms with Gasteiger partial charge in [-0.3, -0.25) is 0 Å². The molecule has 0 aliphatic carbocycles. The van der Waals surface area contributed by atoms with Gasteiger partial charge in [0, 0.05) is 30.2 Å². The smallest absolute Gasteiger partial charge is 0.356 e. The molecule has 2 rings (SSSR count). The average molecular weight is 277 g/mol. The number of aryl methyl sites for hydroxylation is 1. The van der Waals surface area contributed by atoms with Crippen LogP contribution in [0.4, 0.5) is 5.69 Å². The second-order valence-electron chi connectivity index (χ2n) is 3.96. The molecule has 0 amide bonds. The van der Waals surface area contributed by atoms with Gasteiger partial charge in [0.05, 0.1) is 17.8 Å². The van der Waals surface area contributed by atoms with Crippen LogP contribution in [-0.4, -0.2) is 29.6 Å². The summed E-state index contributed by atoms with van der Waals surface area (Å²) in [4.78, 5) is 19.7. The quantitative estimate of drug-likeness (QED) is 0.849. The standard InChI is InChI=1S/C13H15N3O2S/c1-9-16-11(8-19-9)4-5-14-10-3-6-15-12(7-10)13(17)18-2/h3,6-8H,4-5H2,1-2H3,(H,14,15). The second-order valence-corrected chi connectivity index (χ2v) is 5.02. The normalized spacial score (nSPS) is 10.2. The van der Waals surface area contributed by atoms with E-state index in [0.717, 1.165) is 29.4 Å². The zero-order valence-electron chi connectivity index (χ0n) is 10.8. The Morgan fingerprint density at radius 1 is 1.53 bits per heavy atom. The average Bonchev–Trinajstić information content (AvgIpc) is 2.84. The molecule has 0 aromatic carbocycles. The lowest BCUT2D eigenvalue weighted by Crippen LogP contribution is -2.08. The van der Waals surface area contributed by atoms with Gasteiger partial charge < -0.3 is 10.1 Å². The van der Waals surface area contributed by atoms with Gasteiger partial charge in [0.1, 0.15) is 5.69 Å². The molecule has 0 aliphatic rings. The first-order valence-corrected chi connectivity index (χ1v) is 6.76. The first-order chi connectivity index (χ1) is 9.19. The predicted molar refractivity (Wildman–Crippen MR) is 74.6 cm³/mol. The van der Waals surface area contributed by atoms with Gasteiger partial charge in [0.2, 0.25) is 0 Å². The van der Waals surface area contributed by atoms with Crippen molar-refractivity contribution >= 4 is 23.0 Å². The molecule has 0 aliphatic heterocycles. The third kappa shape index (κ3) is 3.75. The summed E-state index contributed by atoms with van der Waals surface area (Å²) >= 11 is 1.65. The minimum atomic E-state index is -0.432. The van der Waals surface area contributed by atoms with Crippen LogP contribution in [0.15, 0.2) is 23.7 Å². The summed E-state index contributed by atoms with van der Waals surface area (Å²) in [5, 5.41) is 6.37. The van der Waals surface area contributed by atoms with Gasteiger partial charge in [-0.1, -0.05) is 0 Å². The molecule has 0 spiro atoms. The van der Waals surface area contributed by atoms with Crippen molar-refractivity contribution < 1.29 is 9.53 Å². The minimum absolute atomic E-state index is 0.303. The van der Waals surface area contributed by atoms with Gasteiger partial charge in [-0.15, -0.1) is 11.3 Å². The fraction of sp³-hybridized carbons (Fsp3) is 0.308. The first-order valence-electron chi connectivity index (χ1n) is 5.88. The Hall–Kier alpha value is -1.95. The summed E-state index contributed by atoms with van der Waals surface area (Å²) in [6, 6.07) is 3.50. The number of hydrogen-bond donors (Lipinski definition) is 1. The third-order valence-corrected chi connectivity index (χ3v) is 3.35. The number of methoxy groups -OCH3 is 1. The highest BCUT2D eigenvalue weighted by molar-refractivity contribution is 7.09.